The van der Waals surface area contributed by atoms with Gasteiger partial charge in [-0.3, -0.25) is 0 Å². The number of rotatable bonds is 5. The Bertz CT molecular complexity index is 488. The van der Waals surface area contributed by atoms with Gasteiger partial charge in [0.2, 0.25) is 0 Å². The Balaban J connectivity index is 1.77. The number of benzene rings is 1. The smallest absolute Gasteiger partial charge is 0.146 e. The highest BCUT2D eigenvalue weighted by Crippen LogP contribution is 2.46. The molecule has 1 fully saturated rings. The van der Waals surface area contributed by atoms with Crippen LogP contribution >= 0.6 is 0 Å². The summed E-state index contributed by atoms with van der Waals surface area (Å²) in [6, 6.07) is 6.27. The molecular formula is C17H24O4. The van der Waals surface area contributed by atoms with Crippen LogP contribution < -0.4 is 4.74 Å². The summed E-state index contributed by atoms with van der Waals surface area (Å²) in [4.78, 5) is 0. The largest absolute Gasteiger partial charge is 0.496 e. The summed E-state index contributed by atoms with van der Waals surface area (Å²) < 4.78 is 15.9. The van der Waals surface area contributed by atoms with Gasteiger partial charge in [-0.2, -0.15) is 0 Å². The highest BCUT2D eigenvalue weighted by atomic mass is 16.7. The van der Waals surface area contributed by atoms with Crippen LogP contribution in [0.25, 0.3) is 0 Å². The molecule has 0 spiro atoms. The lowest BCUT2D eigenvalue weighted by atomic mass is 9.75. The SMILES string of the molecule is COCOC[C@@H]1[C@H]2Cc3cccc(OC)c3C[C@H]2C[C@H]1O. The molecule has 0 aliphatic heterocycles. The van der Waals surface area contributed by atoms with Gasteiger partial charge in [-0.25, -0.2) is 0 Å². The van der Waals surface area contributed by atoms with Gasteiger partial charge in [0.25, 0.3) is 0 Å². The minimum atomic E-state index is -0.267. The van der Waals surface area contributed by atoms with E-state index in [1.165, 1.54) is 11.1 Å². The molecule has 4 heteroatoms. The molecular weight excluding hydrogens is 268 g/mol. The first-order valence-corrected chi connectivity index (χ1v) is 7.64. The summed E-state index contributed by atoms with van der Waals surface area (Å²) in [6.07, 6.45) is 2.61. The molecule has 0 unspecified atom stereocenters. The van der Waals surface area contributed by atoms with Crippen LogP contribution in [0.4, 0.5) is 0 Å². The summed E-state index contributed by atoms with van der Waals surface area (Å²) in [7, 11) is 3.35. The van der Waals surface area contributed by atoms with Gasteiger partial charge < -0.3 is 19.3 Å². The van der Waals surface area contributed by atoms with Crippen molar-refractivity contribution in [2.45, 2.75) is 25.4 Å². The van der Waals surface area contributed by atoms with Crippen LogP contribution in [0.5, 0.6) is 5.75 Å². The number of fused-ring (bicyclic) bond motifs is 2. The van der Waals surface area contributed by atoms with Crippen molar-refractivity contribution in [1.29, 1.82) is 0 Å². The van der Waals surface area contributed by atoms with Gasteiger partial charge in [-0.1, -0.05) is 12.1 Å². The monoisotopic (exact) mass is 292 g/mol. The van der Waals surface area contributed by atoms with Crippen molar-refractivity contribution in [3.8, 4) is 5.75 Å². The van der Waals surface area contributed by atoms with Crippen LogP contribution in [-0.2, 0) is 22.3 Å². The fraction of sp³-hybridized carbons (Fsp3) is 0.647. The van der Waals surface area contributed by atoms with E-state index < -0.39 is 0 Å². The summed E-state index contributed by atoms with van der Waals surface area (Å²) >= 11 is 0. The number of ether oxygens (including phenoxy) is 3. The zero-order valence-electron chi connectivity index (χ0n) is 12.7. The molecule has 1 saturated carbocycles. The zero-order valence-corrected chi connectivity index (χ0v) is 12.7. The predicted octanol–water partition coefficient (Wildman–Crippen LogP) is 2.03. The van der Waals surface area contributed by atoms with Crippen molar-refractivity contribution in [2.75, 3.05) is 27.6 Å². The quantitative estimate of drug-likeness (QED) is 0.666. The van der Waals surface area contributed by atoms with E-state index in [-0.39, 0.29) is 12.0 Å². The van der Waals surface area contributed by atoms with E-state index in [0.29, 0.717) is 25.2 Å². The molecule has 2 aliphatic rings. The Morgan fingerprint density at radius 3 is 2.86 bits per heavy atom. The van der Waals surface area contributed by atoms with E-state index in [1.54, 1.807) is 14.2 Å². The zero-order chi connectivity index (χ0) is 14.8. The second kappa shape index (κ2) is 6.34. The lowest BCUT2D eigenvalue weighted by Gasteiger charge is -2.32. The lowest BCUT2D eigenvalue weighted by Crippen LogP contribution is -2.30. The summed E-state index contributed by atoms with van der Waals surface area (Å²) in [5.74, 6) is 2.22. The molecule has 0 bridgehead atoms. The highest BCUT2D eigenvalue weighted by Gasteiger charge is 2.45. The summed E-state index contributed by atoms with van der Waals surface area (Å²) in [5, 5.41) is 10.4. The number of aliphatic hydroxyl groups excluding tert-OH is 1. The van der Waals surface area contributed by atoms with E-state index in [0.717, 1.165) is 25.0 Å². The number of hydrogen-bond donors (Lipinski definition) is 1. The van der Waals surface area contributed by atoms with Gasteiger partial charge in [0, 0.05) is 13.0 Å². The minimum Gasteiger partial charge on any atom is -0.496 e. The number of aliphatic hydroxyl groups is 1. The molecule has 4 nitrogen and oxygen atoms in total. The molecule has 1 N–H and O–H groups in total. The molecule has 0 aromatic heterocycles. The van der Waals surface area contributed by atoms with Crippen LogP contribution in [0.1, 0.15) is 17.5 Å². The Labute approximate surface area is 126 Å². The van der Waals surface area contributed by atoms with Gasteiger partial charge in [-0.15, -0.1) is 0 Å². The van der Waals surface area contributed by atoms with E-state index in [9.17, 15) is 5.11 Å². The van der Waals surface area contributed by atoms with Crippen molar-refractivity contribution in [1.82, 2.24) is 0 Å². The van der Waals surface area contributed by atoms with Gasteiger partial charge >= 0.3 is 0 Å². The molecule has 4 atom stereocenters. The maximum absolute atomic E-state index is 10.4. The normalized spacial score (nSPS) is 30.8. The Hall–Kier alpha value is -1.10. The Morgan fingerprint density at radius 2 is 2.10 bits per heavy atom. The second-order valence-electron chi connectivity index (χ2n) is 6.17. The van der Waals surface area contributed by atoms with Gasteiger partial charge in [0.1, 0.15) is 12.5 Å². The first kappa shape index (κ1) is 14.8. The fourth-order valence-corrected chi connectivity index (χ4v) is 4.09. The standard InChI is InChI=1S/C17H24O4/c1-19-10-21-9-15-13-6-11-4-3-5-17(20-2)14(11)7-12(13)8-16(15)18/h3-5,12-13,15-16,18H,6-10H2,1-2H3/t12-,13-,15+,16+/m0/s1. The van der Waals surface area contributed by atoms with Gasteiger partial charge in [-0.05, 0) is 48.3 Å². The number of hydrogen-bond acceptors (Lipinski definition) is 4. The van der Waals surface area contributed by atoms with E-state index >= 15 is 0 Å². The molecule has 21 heavy (non-hydrogen) atoms. The van der Waals surface area contributed by atoms with Crippen molar-refractivity contribution < 1.29 is 19.3 Å². The third kappa shape index (κ3) is 2.80. The van der Waals surface area contributed by atoms with E-state index in [4.69, 9.17) is 14.2 Å². The van der Waals surface area contributed by atoms with Crippen molar-refractivity contribution in [2.24, 2.45) is 17.8 Å². The van der Waals surface area contributed by atoms with Gasteiger partial charge in [0.05, 0.1) is 19.8 Å². The van der Waals surface area contributed by atoms with Crippen LogP contribution in [0, 0.1) is 17.8 Å². The van der Waals surface area contributed by atoms with Crippen molar-refractivity contribution in [3.63, 3.8) is 0 Å². The lowest BCUT2D eigenvalue weighted by molar-refractivity contribution is -0.0625. The third-order valence-electron chi connectivity index (χ3n) is 5.08. The molecule has 0 heterocycles. The first-order valence-electron chi connectivity index (χ1n) is 7.64. The van der Waals surface area contributed by atoms with Crippen LogP contribution in [0.3, 0.4) is 0 Å². The van der Waals surface area contributed by atoms with Crippen molar-refractivity contribution in [3.05, 3.63) is 29.3 Å². The second-order valence-corrected chi connectivity index (χ2v) is 6.17. The third-order valence-corrected chi connectivity index (χ3v) is 5.08. The number of methoxy groups -OCH3 is 2. The van der Waals surface area contributed by atoms with Crippen molar-refractivity contribution >= 4 is 0 Å². The van der Waals surface area contributed by atoms with Crippen LogP contribution in [0.15, 0.2) is 18.2 Å². The van der Waals surface area contributed by atoms with Gasteiger partial charge in [0.15, 0.2) is 0 Å². The molecule has 1 aromatic carbocycles. The summed E-state index contributed by atoms with van der Waals surface area (Å²) in [6.45, 7) is 0.875. The predicted molar refractivity (Wildman–Crippen MR) is 79.3 cm³/mol. The topological polar surface area (TPSA) is 47.9 Å². The molecule has 0 radical (unpaired) electrons. The molecule has 116 valence electrons. The van der Waals surface area contributed by atoms with E-state index in [2.05, 4.69) is 12.1 Å². The maximum atomic E-state index is 10.4. The average Bonchev–Trinajstić information content (AvgIpc) is 2.80. The highest BCUT2D eigenvalue weighted by molar-refractivity contribution is 5.43. The first-order chi connectivity index (χ1) is 10.2. The van der Waals surface area contributed by atoms with Crippen LogP contribution in [0.2, 0.25) is 0 Å². The summed E-state index contributed by atoms with van der Waals surface area (Å²) in [5.41, 5.74) is 2.69. The van der Waals surface area contributed by atoms with Crippen LogP contribution in [-0.4, -0.2) is 38.8 Å². The maximum Gasteiger partial charge on any atom is 0.146 e. The molecule has 3 rings (SSSR count). The minimum absolute atomic E-state index is 0.213. The molecule has 2 aliphatic carbocycles. The van der Waals surface area contributed by atoms with E-state index in [1.807, 2.05) is 6.07 Å². The Morgan fingerprint density at radius 1 is 1.24 bits per heavy atom. The molecule has 0 saturated heterocycles. The fourth-order valence-electron chi connectivity index (χ4n) is 4.09. The average molecular weight is 292 g/mol. The molecule has 1 aromatic rings. The molecule has 0 amide bonds. The Kier molecular flexibility index (Phi) is 4.48.